The van der Waals surface area contributed by atoms with Crippen molar-refractivity contribution in [3.63, 3.8) is 0 Å². The molecule has 0 saturated carbocycles. The first-order valence-electron chi connectivity index (χ1n) is 11.1. The van der Waals surface area contributed by atoms with E-state index < -0.39 is 0 Å². The third-order valence-corrected chi connectivity index (χ3v) is 7.30. The molecule has 1 N–H and O–H groups in total. The van der Waals surface area contributed by atoms with Gasteiger partial charge in [-0.3, -0.25) is 14.7 Å². The van der Waals surface area contributed by atoms with E-state index in [0.717, 1.165) is 81.8 Å². The molecular formula is C22H34N4O3. The fraction of sp³-hybridized carbons (Fsp3) is 0.773. The molecule has 0 aliphatic carbocycles. The van der Waals surface area contributed by atoms with Gasteiger partial charge in [-0.2, -0.15) is 5.10 Å². The van der Waals surface area contributed by atoms with Crippen LogP contribution in [-0.4, -0.2) is 70.7 Å². The molecule has 3 aliphatic rings. The van der Waals surface area contributed by atoms with Crippen molar-refractivity contribution < 1.29 is 14.3 Å². The van der Waals surface area contributed by atoms with Crippen LogP contribution in [0, 0.1) is 19.3 Å². The van der Waals surface area contributed by atoms with Gasteiger partial charge < -0.3 is 14.5 Å². The standard InChI is InChI=1S/C22H34N4O3/c1-16-17(2)23-24-19(16)5-6-20(27)25-11-9-22(10-12-25)8-7-21(28)26(15-22)14-18-4-3-13-29-18/h18H,3-15H2,1-2H3,(H,23,24). The molecule has 0 bridgehead atoms. The van der Waals surface area contributed by atoms with E-state index in [9.17, 15) is 9.59 Å². The van der Waals surface area contributed by atoms with Gasteiger partial charge in [0.15, 0.2) is 0 Å². The minimum atomic E-state index is 0.180. The lowest BCUT2D eigenvalue weighted by Crippen LogP contribution is -2.53. The largest absolute Gasteiger partial charge is 0.376 e. The minimum Gasteiger partial charge on any atom is -0.376 e. The summed E-state index contributed by atoms with van der Waals surface area (Å²) in [4.78, 5) is 29.2. The van der Waals surface area contributed by atoms with Gasteiger partial charge in [0.05, 0.1) is 11.8 Å². The maximum atomic E-state index is 12.7. The van der Waals surface area contributed by atoms with E-state index in [1.165, 1.54) is 0 Å². The smallest absolute Gasteiger partial charge is 0.222 e. The topological polar surface area (TPSA) is 78.5 Å². The highest BCUT2D eigenvalue weighted by atomic mass is 16.5. The SMILES string of the molecule is Cc1[nH]nc(CCC(=O)N2CCC3(CCC(=O)N(CC4CCCO4)C3)CC2)c1C. The van der Waals surface area contributed by atoms with Crippen molar-refractivity contribution in [2.45, 2.75) is 71.3 Å². The first kappa shape index (κ1) is 20.4. The van der Waals surface area contributed by atoms with Crippen LogP contribution in [0.5, 0.6) is 0 Å². The predicted molar refractivity (Wildman–Crippen MR) is 109 cm³/mol. The van der Waals surface area contributed by atoms with E-state index in [4.69, 9.17) is 4.74 Å². The van der Waals surface area contributed by atoms with Crippen molar-refractivity contribution in [3.8, 4) is 0 Å². The summed E-state index contributed by atoms with van der Waals surface area (Å²) in [5.41, 5.74) is 3.42. The van der Waals surface area contributed by atoms with Crippen LogP contribution in [0.3, 0.4) is 0 Å². The van der Waals surface area contributed by atoms with Crippen molar-refractivity contribution in [1.82, 2.24) is 20.0 Å². The number of nitrogens with zero attached hydrogens (tertiary/aromatic N) is 3. The van der Waals surface area contributed by atoms with Crippen LogP contribution < -0.4 is 0 Å². The Labute approximate surface area is 173 Å². The third-order valence-electron chi connectivity index (χ3n) is 7.30. The van der Waals surface area contributed by atoms with Crippen LogP contribution >= 0.6 is 0 Å². The van der Waals surface area contributed by atoms with Crippen LogP contribution in [-0.2, 0) is 20.7 Å². The van der Waals surface area contributed by atoms with Crippen molar-refractivity contribution in [2.75, 3.05) is 32.8 Å². The summed E-state index contributed by atoms with van der Waals surface area (Å²) in [5.74, 6) is 0.497. The van der Waals surface area contributed by atoms with Gasteiger partial charge in [0.2, 0.25) is 11.8 Å². The van der Waals surface area contributed by atoms with Crippen LogP contribution in [0.2, 0.25) is 0 Å². The van der Waals surface area contributed by atoms with Gasteiger partial charge in [0.1, 0.15) is 0 Å². The number of amides is 2. The molecular weight excluding hydrogens is 368 g/mol. The van der Waals surface area contributed by atoms with E-state index >= 15 is 0 Å². The quantitative estimate of drug-likeness (QED) is 0.820. The number of aromatic amines is 1. The predicted octanol–water partition coefficient (Wildman–Crippen LogP) is 2.37. The van der Waals surface area contributed by atoms with Gasteiger partial charge >= 0.3 is 0 Å². The van der Waals surface area contributed by atoms with Gasteiger partial charge in [-0.15, -0.1) is 0 Å². The average molecular weight is 403 g/mol. The van der Waals surface area contributed by atoms with Gasteiger partial charge in [-0.25, -0.2) is 0 Å². The molecule has 3 aliphatic heterocycles. The highest BCUT2D eigenvalue weighted by molar-refractivity contribution is 5.78. The number of hydrogen-bond donors (Lipinski definition) is 1. The molecule has 29 heavy (non-hydrogen) atoms. The number of piperidine rings is 2. The number of likely N-dealkylation sites (tertiary alicyclic amines) is 2. The molecule has 3 fully saturated rings. The van der Waals surface area contributed by atoms with Crippen molar-refractivity contribution in [2.24, 2.45) is 5.41 Å². The summed E-state index contributed by atoms with van der Waals surface area (Å²) < 4.78 is 5.75. The number of carbonyl (C=O) groups is 2. The number of nitrogens with one attached hydrogen (secondary N) is 1. The van der Waals surface area contributed by atoms with Gasteiger partial charge in [-0.1, -0.05) is 0 Å². The van der Waals surface area contributed by atoms with Crippen molar-refractivity contribution in [3.05, 3.63) is 17.0 Å². The van der Waals surface area contributed by atoms with E-state index in [1.54, 1.807) is 0 Å². The molecule has 1 unspecified atom stereocenters. The number of aryl methyl sites for hydroxylation is 2. The van der Waals surface area contributed by atoms with Crippen LogP contribution in [0.25, 0.3) is 0 Å². The second-order valence-corrected chi connectivity index (χ2v) is 9.21. The fourth-order valence-electron chi connectivity index (χ4n) is 5.10. The molecule has 1 aromatic rings. The lowest BCUT2D eigenvalue weighted by Gasteiger charge is -2.47. The average Bonchev–Trinajstić information content (AvgIpc) is 3.34. The summed E-state index contributed by atoms with van der Waals surface area (Å²) >= 11 is 0. The second-order valence-electron chi connectivity index (χ2n) is 9.21. The zero-order valence-corrected chi connectivity index (χ0v) is 17.8. The molecule has 0 aromatic carbocycles. The Hall–Kier alpha value is -1.89. The number of H-pyrrole nitrogens is 1. The fourth-order valence-corrected chi connectivity index (χ4v) is 5.10. The molecule has 7 nitrogen and oxygen atoms in total. The molecule has 1 atom stereocenters. The normalized spacial score (nSPS) is 24.5. The lowest BCUT2D eigenvalue weighted by atomic mass is 9.72. The lowest BCUT2D eigenvalue weighted by molar-refractivity contribution is -0.144. The Morgan fingerprint density at radius 3 is 2.72 bits per heavy atom. The molecule has 1 aromatic heterocycles. The second kappa shape index (κ2) is 8.46. The van der Waals surface area contributed by atoms with Gasteiger partial charge in [-0.05, 0) is 56.9 Å². The summed E-state index contributed by atoms with van der Waals surface area (Å²) in [6.45, 7) is 8.07. The molecule has 2 amide bonds. The van der Waals surface area contributed by atoms with E-state index in [0.29, 0.717) is 19.3 Å². The minimum absolute atomic E-state index is 0.180. The maximum Gasteiger partial charge on any atom is 0.222 e. The molecule has 0 radical (unpaired) electrons. The number of aromatic nitrogens is 2. The Kier molecular flexibility index (Phi) is 5.95. The zero-order valence-electron chi connectivity index (χ0n) is 17.8. The van der Waals surface area contributed by atoms with Gasteiger partial charge in [0.25, 0.3) is 0 Å². The molecule has 4 heterocycles. The summed E-state index contributed by atoms with van der Waals surface area (Å²) in [5, 5.41) is 7.31. The molecule has 3 saturated heterocycles. The van der Waals surface area contributed by atoms with E-state index in [1.807, 2.05) is 16.7 Å². The Morgan fingerprint density at radius 2 is 2.07 bits per heavy atom. The van der Waals surface area contributed by atoms with Crippen molar-refractivity contribution in [1.29, 1.82) is 0 Å². The first-order chi connectivity index (χ1) is 14.0. The highest BCUT2D eigenvalue weighted by Gasteiger charge is 2.42. The monoisotopic (exact) mass is 402 g/mol. The summed E-state index contributed by atoms with van der Waals surface area (Å²) in [7, 11) is 0. The Bertz CT molecular complexity index is 745. The van der Waals surface area contributed by atoms with Crippen molar-refractivity contribution >= 4 is 11.8 Å². The van der Waals surface area contributed by atoms with Crippen LogP contribution in [0.15, 0.2) is 0 Å². The Balaban J connectivity index is 1.28. The third kappa shape index (κ3) is 4.49. The maximum absolute atomic E-state index is 12.7. The first-order valence-corrected chi connectivity index (χ1v) is 11.1. The molecule has 7 heteroatoms. The van der Waals surface area contributed by atoms with Crippen LogP contribution in [0.4, 0.5) is 0 Å². The molecule has 1 spiro atoms. The number of carbonyl (C=O) groups excluding carboxylic acids is 2. The Morgan fingerprint density at radius 1 is 1.28 bits per heavy atom. The van der Waals surface area contributed by atoms with E-state index in [-0.39, 0.29) is 23.3 Å². The summed E-state index contributed by atoms with van der Waals surface area (Å²) in [6.07, 6.45) is 7.18. The van der Waals surface area contributed by atoms with Crippen LogP contribution in [0.1, 0.15) is 61.9 Å². The van der Waals surface area contributed by atoms with Gasteiger partial charge in [0, 0.05) is 57.7 Å². The molecule has 4 rings (SSSR count). The number of hydrogen-bond acceptors (Lipinski definition) is 4. The zero-order chi connectivity index (χ0) is 20.4. The number of rotatable bonds is 5. The summed E-state index contributed by atoms with van der Waals surface area (Å²) in [6, 6.07) is 0. The van der Waals surface area contributed by atoms with E-state index in [2.05, 4.69) is 17.1 Å². The number of ether oxygens (including phenoxy) is 1. The highest BCUT2D eigenvalue weighted by Crippen LogP contribution is 2.40. The molecule has 160 valence electrons.